The van der Waals surface area contributed by atoms with Crippen LogP contribution in [-0.4, -0.2) is 33.2 Å². The van der Waals surface area contributed by atoms with Gasteiger partial charge in [0, 0.05) is 4.88 Å². The molecule has 0 saturated carbocycles. The molecule has 144 valence electrons. The number of anilines is 1. The van der Waals surface area contributed by atoms with Crippen LogP contribution >= 0.6 is 11.3 Å². The molecule has 0 radical (unpaired) electrons. The van der Waals surface area contributed by atoms with E-state index in [0.29, 0.717) is 10.6 Å². The second-order valence-electron chi connectivity index (χ2n) is 6.24. The minimum atomic E-state index is -0.770. The molecule has 27 heavy (non-hydrogen) atoms. The molecule has 1 aliphatic carbocycles. The molecule has 0 aliphatic heterocycles. The molecule has 2 aromatic heterocycles. The van der Waals surface area contributed by atoms with Gasteiger partial charge in [-0.15, -0.1) is 11.3 Å². The van der Waals surface area contributed by atoms with Crippen molar-refractivity contribution in [1.82, 2.24) is 9.78 Å². The molecule has 2 heterocycles. The zero-order valence-electron chi connectivity index (χ0n) is 15.1. The van der Waals surface area contributed by atoms with E-state index in [-0.39, 0.29) is 12.3 Å². The summed E-state index contributed by atoms with van der Waals surface area (Å²) in [5, 5.41) is 17.9. The zero-order valence-corrected chi connectivity index (χ0v) is 15.9. The molecule has 0 fully saturated rings. The molecule has 1 aliphatic rings. The molecule has 2 aromatic rings. The van der Waals surface area contributed by atoms with E-state index in [0.717, 1.165) is 42.3 Å². The fourth-order valence-corrected chi connectivity index (χ4v) is 4.32. The van der Waals surface area contributed by atoms with E-state index in [1.165, 1.54) is 22.2 Å². The Hall–Kier alpha value is -2.75. The Balaban J connectivity index is 1.85. The van der Waals surface area contributed by atoms with E-state index in [4.69, 9.17) is 4.74 Å². The molecule has 9 nitrogen and oxygen atoms in total. The van der Waals surface area contributed by atoms with Crippen LogP contribution in [0, 0.1) is 10.1 Å². The fraction of sp³-hybridized carbons (Fsp3) is 0.471. The third-order valence-electron chi connectivity index (χ3n) is 4.46. The van der Waals surface area contributed by atoms with Gasteiger partial charge >= 0.3 is 11.7 Å². The van der Waals surface area contributed by atoms with Crippen molar-refractivity contribution in [1.29, 1.82) is 0 Å². The maximum Gasteiger partial charge on any atom is 0.341 e. The summed E-state index contributed by atoms with van der Waals surface area (Å²) < 4.78 is 6.40. The zero-order chi connectivity index (χ0) is 19.6. The van der Waals surface area contributed by atoms with Crippen LogP contribution < -0.4 is 5.32 Å². The highest BCUT2D eigenvalue weighted by molar-refractivity contribution is 7.17. The van der Waals surface area contributed by atoms with Crippen LogP contribution in [0.1, 0.15) is 53.5 Å². The van der Waals surface area contributed by atoms with Crippen molar-refractivity contribution in [2.45, 2.75) is 45.6 Å². The van der Waals surface area contributed by atoms with Gasteiger partial charge in [0.1, 0.15) is 23.4 Å². The Bertz CT molecular complexity index is 888. The minimum absolute atomic E-state index is 0.187. The van der Waals surface area contributed by atoms with Gasteiger partial charge in [0.05, 0.1) is 17.1 Å². The number of carbonyl (C=O) groups is 2. The lowest BCUT2D eigenvalue weighted by atomic mass is 9.95. The number of amides is 1. The average molecular weight is 392 g/mol. The molecular formula is C17H20N4O5S. The van der Waals surface area contributed by atoms with Crippen LogP contribution in [-0.2, 0) is 22.4 Å². The first-order valence-electron chi connectivity index (χ1n) is 8.73. The Morgan fingerprint density at radius 2 is 2.19 bits per heavy atom. The number of rotatable bonds is 6. The molecular weight excluding hydrogens is 372 g/mol. The van der Waals surface area contributed by atoms with Gasteiger partial charge in [-0.1, -0.05) is 0 Å². The Morgan fingerprint density at radius 3 is 2.85 bits per heavy atom. The number of nitrogens with zero attached hydrogens (tertiary/aromatic N) is 3. The van der Waals surface area contributed by atoms with Gasteiger partial charge in [0.2, 0.25) is 5.91 Å². The molecule has 0 bridgehead atoms. The van der Waals surface area contributed by atoms with E-state index in [1.807, 2.05) is 0 Å². The van der Waals surface area contributed by atoms with Gasteiger partial charge in [0.25, 0.3) is 0 Å². The molecule has 0 saturated heterocycles. The van der Waals surface area contributed by atoms with E-state index in [1.54, 1.807) is 13.8 Å². The summed E-state index contributed by atoms with van der Waals surface area (Å²) in [6.07, 6.45) is 6.01. The molecule has 0 unspecified atom stereocenters. The van der Waals surface area contributed by atoms with Gasteiger partial charge in [-0.25, -0.2) is 4.79 Å². The number of nitro groups is 1. The predicted molar refractivity (Wildman–Crippen MR) is 99.1 cm³/mol. The lowest BCUT2D eigenvalue weighted by Gasteiger charge is -2.13. The summed E-state index contributed by atoms with van der Waals surface area (Å²) in [5.74, 6) is -0.841. The van der Waals surface area contributed by atoms with Gasteiger partial charge < -0.3 is 10.1 Å². The van der Waals surface area contributed by atoms with Gasteiger partial charge in [-0.3, -0.25) is 19.6 Å². The number of fused-ring (bicyclic) bond motifs is 1. The van der Waals surface area contributed by atoms with Gasteiger partial charge in [0.15, 0.2) is 0 Å². The molecule has 1 amide bonds. The highest BCUT2D eigenvalue weighted by Gasteiger charge is 2.28. The number of ether oxygens (including phenoxy) is 1. The second kappa shape index (κ2) is 7.87. The van der Waals surface area contributed by atoms with Crippen LogP contribution in [0.5, 0.6) is 0 Å². The number of hydrogen-bond acceptors (Lipinski definition) is 7. The fourth-order valence-electron chi connectivity index (χ4n) is 3.04. The lowest BCUT2D eigenvalue weighted by Crippen LogP contribution is -2.24. The highest BCUT2D eigenvalue weighted by atomic mass is 32.1. The maximum atomic E-state index is 12.7. The molecule has 1 atom stereocenters. The van der Waals surface area contributed by atoms with Crippen LogP contribution in [0.4, 0.5) is 10.7 Å². The lowest BCUT2D eigenvalue weighted by molar-refractivity contribution is -0.385. The summed E-state index contributed by atoms with van der Waals surface area (Å²) in [4.78, 5) is 36.4. The van der Waals surface area contributed by atoms with Crippen LogP contribution in [0.25, 0.3) is 0 Å². The summed E-state index contributed by atoms with van der Waals surface area (Å²) in [7, 11) is 0. The first-order valence-corrected chi connectivity index (χ1v) is 9.55. The monoisotopic (exact) mass is 392 g/mol. The molecule has 3 rings (SSSR count). The molecule has 0 spiro atoms. The number of aryl methyl sites for hydroxylation is 1. The van der Waals surface area contributed by atoms with Crippen molar-refractivity contribution in [3.63, 3.8) is 0 Å². The summed E-state index contributed by atoms with van der Waals surface area (Å²) >= 11 is 1.40. The van der Waals surface area contributed by atoms with E-state index in [9.17, 15) is 19.7 Å². The Labute approximate surface area is 159 Å². The third-order valence-corrected chi connectivity index (χ3v) is 5.67. The molecule has 0 aromatic carbocycles. The normalized spacial score (nSPS) is 14.3. The molecule has 1 N–H and O–H groups in total. The predicted octanol–water partition coefficient (Wildman–Crippen LogP) is 3.11. The van der Waals surface area contributed by atoms with E-state index in [2.05, 4.69) is 10.4 Å². The standard InChI is InChI=1S/C17H20N4O5S/c1-3-26-17(23)14-12-6-4-5-7-13(12)27-16(14)19-15(22)10(2)20-9-11(8-18-20)21(24)25/h8-10H,3-7H2,1-2H3,(H,19,22)/t10-/m1/s1. The second-order valence-corrected chi connectivity index (χ2v) is 7.34. The van der Waals surface area contributed by atoms with E-state index >= 15 is 0 Å². The Morgan fingerprint density at radius 1 is 1.44 bits per heavy atom. The average Bonchev–Trinajstić information content (AvgIpc) is 3.26. The van der Waals surface area contributed by atoms with Crippen LogP contribution in [0.3, 0.4) is 0 Å². The highest BCUT2D eigenvalue weighted by Crippen LogP contribution is 2.39. The first-order chi connectivity index (χ1) is 12.9. The van der Waals surface area contributed by atoms with Gasteiger partial charge in [-0.05, 0) is 45.1 Å². The Kier molecular flexibility index (Phi) is 5.54. The van der Waals surface area contributed by atoms with Gasteiger partial charge in [-0.2, -0.15) is 5.10 Å². The summed E-state index contributed by atoms with van der Waals surface area (Å²) in [6, 6.07) is -0.770. The van der Waals surface area contributed by atoms with Crippen molar-refractivity contribution in [2.75, 3.05) is 11.9 Å². The summed E-state index contributed by atoms with van der Waals surface area (Å²) in [5.41, 5.74) is 1.21. The van der Waals surface area contributed by atoms with Crippen molar-refractivity contribution in [2.24, 2.45) is 0 Å². The SMILES string of the molecule is CCOC(=O)c1c(NC(=O)[C@@H](C)n2cc([N+](=O)[O-])cn2)sc2c1CCCC2. The van der Waals surface area contributed by atoms with Crippen molar-refractivity contribution < 1.29 is 19.2 Å². The smallest absolute Gasteiger partial charge is 0.341 e. The largest absolute Gasteiger partial charge is 0.462 e. The van der Waals surface area contributed by atoms with Crippen molar-refractivity contribution in [3.05, 3.63) is 38.5 Å². The van der Waals surface area contributed by atoms with Crippen molar-refractivity contribution >= 4 is 33.9 Å². The number of hydrogen-bond donors (Lipinski definition) is 1. The number of thiophene rings is 1. The minimum Gasteiger partial charge on any atom is -0.462 e. The number of esters is 1. The quantitative estimate of drug-likeness (QED) is 0.459. The number of aromatic nitrogens is 2. The maximum absolute atomic E-state index is 12.7. The van der Waals surface area contributed by atoms with Crippen molar-refractivity contribution in [3.8, 4) is 0 Å². The topological polar surface area (TPSA) is 116 Å². The molecule has 10 heteroatoms. The number of nitrogens with one attached hydrogen (secondary N) is 1. The first kappa shape index (κ1) is 19.0. The van der Waals surface area contributed by atoms with Crippen LogP contribution in [0.2, 0.25) is 0 Å². The van der Waals surface area contributed by atoms with Crippen LogP contribution in [0.15, 0.2) is 12.4 Å². The summed E-state index contributed by atoms with van der Waals surface area (Å²) in [6.45, 7) is 3.58. The number of carbonyl (C=O) groups excluding carboxylic acids is 2. The third kappa shape index (κ3) is 3.85. The van der Waals surface area contributed by atoms with E-state index < -0.39 is 22.8 Å².